The molecule has 0 fully saturated rings. The number of carboxylic acid groups (broad SMARTS) is 1. The summed E-state index contributed by atoms with van der Waals surface area (Å²) in [6.07, 6.45) is 2.38. The number of carboxylic acids is 1. The topological polar surface area (TPSA) is 117 Å². The van der Waals surface area contributed by atoms with E-state index in [2.05, 4.69) is 10.2 Å². The molecule has 9 heteroatoms. The fraction of sp³-hybridized carbons (Fsp3) is 0.200. The van der Waals surface area contributed by atoms with Crippen molar-refractivity contribution in [3.8, 4) is 0 Å². The van der Waals surface area contributed by atoms with E-state index in [1.54, 1.807) is 12.1 Å². The molecule has 0 saturated heterocycles. The molecule has 2 aromatic rings. The van der Waals surface area contributed by atoms with Gasteiger partial charge in [0.25, 0.3) is 10.0 Å². The van der Waals surface area contributed by atoms with Crippen LogP contribution in [0.4, 0.5) is 0 Å². The average molecular weight is 285 g/mol. The molecule has 0 saturated carbocycles. The van der Waals surface area contributed by atoms with Crippen LogP contribution in [-0.2, 0) is 16.6 Å². The lowest BCUT2D eigenvalue weighted by atomic mass is 10.4. The number of H-pyrrole nitrogens is 1. The maximum Gasteiger partial charge on any atom is 0.340 e. The van der Waals surface area contributed by atoms with E-state index in [9.17, 15) is 13.2 Å². The van der Waals surface area contributed by atoms with Crippen molar-refractivity contribution in [3.63, 3.8) is 0 Å². The molecule has 0 spiro atoms. The van der Waals surface area contributed by atoms with Gasteiger partial charge < -0.3 is 9.52 Å². The van der Waals surface area contributed by atoms with E-state index in [4.69, 9.17) is 9.52 Å². The van der Waals surface area contributed by atoms with E-state index in [0.717, 1.165) is 10.5 Å². The minimum Gasteiger partial charge on any atom is -0.478 e. The van der Waals surface area contributed by atoms with Crippen LogP contribution in [0.3, 0.4) is 0 Å². The van der Waals surface area contributed by atoms with Gasteiger partial charge in [0.1, 0.15) is 11.3 Å². The molecule has 2 heterocycles. The zero-order valence-electron chi connectivity index (χ0n) is 9.90. The zero-order valence-corrected chi connectivity index (χ0v) is 10.7. The zero-order chi connectivity index (χ0) is 14.0. The molecule has 0 aromatic carbocycles. The van der Waals surface area contributed by atoms with Crippen molar-refractivity contribution in [1.29, 1.82) is 0 Å². The van der Waals surface area contributed by atoms with Crippen molar-refractivity contribution in [1.82, 2.24) is 14.5 Å². The Hall–Kier alpha value is -2.13. The molecule has 0 unspecified atom stereocenters. The van der Waals surface area contributed by atoms with Crippen LogP contribution in [-0.4, -0.2) is 41.0 Å². The minimum absolute atomic E-state index is 0.00654. The molecular formula is C10H11N3O5S. The highest BCUT2D eigenvalue weighted by atomic mass is 32.2. The second kappa shape index (κ2) is 4.86. The molecule has 0 atom stereocenters. The van der Waals surface area contributed by atoms with Gasteiger partial charge in [0.2, 0.25) is 0 Å². The van der Waals surface area contributed by atoms with E-state index in [0.29, 0.717) is 5.76 Å². The van der Waals surface area contributed by atoms with Crippen molar-refractivity contribution in [2.24, 2.45) is 0 Å². The molecule has 8 nitrogen and oxygen atoms in total. The first-order valence-corrected chi connectivity index (χ1v) is 6.62. The molecule has 0 aliphatic rings. The summed E-state index contributed by atoms with van der Waals surface area (Å²) in [5.74, 6) is -0.916. The fourth-order valence-electron chi connectivity index (χ4n) is 1.49. The first-order chi connectivity index (χ1) is 8.93. The number of furan rings is 1. The van der Waals surface area contributed by atoms with Crippen LogP contribution >= 0.6 is 0 Å². The number of sulfonamides is 1. The van der Waals surface area contributed by atoms with Crippen molar-refractivity contribution < 1.29 is 22.7 Å². The van der Waals surface area contributed by atoms with Gasteiger partial charge in [-0.3, -0.25) is 5.10 Å². The number of aromatic carboxylic acids is 1. The summed E-state index contributed by atoms with van der Waals surface area (Å²) < 4.78 is 30.4. The fourth-order valence-corrected chi connectivity index (χ4v) is 2.68. The van der Waals surface area contributed by atoms with Crippen molar-refractivity contribution >= 4 is 16.0 Å². The molecule has 102 valence electrons. The Bertz CT molecular complexity index is 674. The molecule has 0 aliphatic heterocycles. The van der Waals surface area contributed by atoms with Gasteiger partial charge >= 0.3 is 5.97 Å². The number of aromatic nitrogens is 2. The number of rotatable bonds is 5. The summed E-state index contributed by atoms with van der Waals surface area (Å²) in [4.78, 5) is 10.9. The number of nitrogens with one attached hydrogen (secondary N) is 1. The summed E-state index contributed by atoms with van der Waals surface area (Å²) in [5.41, 5.74) is -0.397. The van der Waals surface area contributed by atoms with Crippen molar-refractivity contribution in [2.45, 2.75) is 11.6 Å². The van der Waals surface area contributed by atoms with Gasteiger partial charge in [0, 0.05) is 7.05 Å². The predicted molar refractivity (Wildman–Crippen MR) is 62.9 cm³/mol. The molecule has 2 aromatic heterocycles. The maximum absolute atomic E-state index is 12.2. The first-order valence-electron chi connectivity index (χ1n) is 5.18. The summed E-state index contributed by atoms with van der Waals surface area (Å²) in [7, 11) is -2.65. The summed E-state index contributed by atoms with van der Waals surface area (Å²) >= 11 is 0. The van der Waals surface area contributed by atoms with Gasteiger partial charge in [-0.15, -0.1) is 0 Å². The molecule has 2 N–H and O–H groups in total. The number of nitrogens with zero attached hydrogens (tertiary/aromatic N) is 2. The Labute approximate surface area is 108 Å². The molecule has 0 aliphatic carbocycles. The lowest BCUT2D eigenvalue weighted by molar-refractivity contribution is 0.0692. The molecule has 0 radical (unpaired) electrons. The lowest BCUT2D eigenvalue weighted by Gasteiger charge is -2.14. The summed E-state index contributed by atoms with van der Waals surface area (Å²) in [6.45, 7) is -0.00654. The van der Waals surface area contributed by atoms with Crippen LogP contribution in [0.15, 0.2) is 34.0 Å². The monoisotopic (exact) mass is 285 g/mol. The number of carbonyl (C=O) groups is 1. The van der Waals surface area contributed by atoms with Crippen molar-refractivity contribution in [3.05, 3.63) is 35.9 Å². The van der Waals surface area contributed by atoms with Crippen LogP contribution in [0, 0.1) is 0 Å². The molecule has 0 amide bonds. The average Bonchev–Trinajstić information content (AvgIpc) is 2.98. The van der Waals surface area contributed by atoms with E-state index >= 15 is 0 Å². The largest absolute Gasteiger partial charge is 0.478 e. The smallest absolute Gasteiger partial charge is 0.340 e. The number of aromatic amines is 1. The second-order valence-electron chi connectivity index (χ2n) is 3.76. The Balaban J connectivity index is 2.31. The van der Waals surface area contributed by atoms with Gasteiger partial charge in [-0.1, -0.05) is 0 Å². The van der Waals surface area contributed by atoms with E-state index in [-0.39, 0.29) is 6.54 Å². The predicted octanol–water partition coefficient (Wildman–Crippen LogP) is 0.522. The highest BCUT2D eigenvalue weighted by Gasteiger charge is 2.29. The second-order valence-corrected chi connectivity index (χ2v) is 5.74. The number of hydrogen-bond donors (Lipinski definition) is 2. The van der Waals surface area contributed by atoms with Crippen LogP contribution in [0.2, 0.25) is 0 Å². The summed E-state index contributed by atoms with van der Waals surface area (Å²) in [6, 6.07) is 3.26. The Kier molecular flexibility index (Phi) is 3.40. The standard InChI is InChI=1S/C10H11N3O5S/c1-13(6-7-3-2-4-18-7)19(16,17)9-8(10(14)15)5-11-12-9/h2-5H,6H2,1H3,(H,11,12)(H,14,15). The number of hydrogen-bond acceptors (Lipinski definition) is 5. The first kappa shape index (κ1) is 13.3. The van der Waals surface area contributed by atoms with Crippen LogP contribution in [0.5, 0.6) is 0 Å². The van der Waals surface area contributed by atoms with Crippen LogP contribution < -0.4 is 0 Å². The normalized spacial score (nSPS) is 11.9. The molecule has 0 bridgehead atoms. The highest BCUT2D eigenvalue weighted by molar-refractivity contribution is 7.89. The maximum atomic E-state index is 12.2. The van der Waals surface area contributed by atoms with Gasteiger partial charge in [-0.25, -0.2) is 13.2 Å². The third-order valence-electron chi connectivity index (χ3n) is 2.46. The molecule has 2 rings (SSSR count). The van der Waals surface area contributed by atoms with Gasteiger partial charge in [-0.05, 0) is 12.1 Å². The van der Waals surface area contributed by atoms with E-state index in [1.165, 1.54) is 13.3 Å². The van der Waals surface area contributed by atoms with Gasteiger partial charge in [0.05, 0.1) is 19.0 Å². The summed E-state index contributed by atoms with van der Waals surface area (Å²) in [5, 5.41) is 14.1. The van der Waals surface area contributed by atoms with Gasteiger partial charge in [0.15, 0.2) is 5.03 Å². The third kappa shape index (κ3) is 2.51. The minimum atomic E-state index is -3.97. The Morgan fingerprint density at radius 1 is 1.58 bits per heavy atom. The van der Waals surface area contributed by atoms with Crippen LogP contribution in [0.25, 0.3) is 0 Å². The third-order valence-corrected chi connectivity index (χ3v) is 4.24. The van der Waals surface area contributed by atoms with E-state index < -0.39 is 26.6 Å². The molecule has 19 heavy (non-hydrogen) atoms. The lowest BCUT2D eigenvalue weighted by Crippen LogP contribution is -2.28. The van der Waals surface area contributed by atoms with Crippen molar-refractivity contribution in [2.75, 3.05) is 7.05 Å². The SMILES string of the molecule is CN(Cc1ccco1)S(=O)(=O)c1[nH]ncc1C(=O)O. The van der Waals surface area contributed by atoms with E-state index in [1.807, 2.05) is 0 Å². The molecular weight excluding hydrogens is 274 g/mol. The Morgan fingerprint density at radius 3 is 2.89 bits per heavy atom. The quantitative estimate of drug-likeness (QED) is 0.827. The highest BCUT2D eigenvalue weighted by Crippen LogP contribution is 2.18. The van der Waals surface area contributed by atoms with Gasteiger partial charge in [-0.2, -0.15) is 9.40 Å². The Morgan fingerprint density at radius 2 is 2.32 bits per heavy atom. The van der Waals surface area contributed by atoms with Crippen LogP contribution in [0.1, 0.15) is 16.1 Å².